The van der Waals surface area contributed by atoms with Crippen LogP contribution in [-0.4, -0.2) is 66.8 Å². The minimum Gasteiger partial charge on any atom is -0.381 e. The van der Waals surface area contributed by atoms with Crippen LogP contribution in [0.1, 0.15) is 94.9 Å². The fourth-order valence-electron chi connectivity index (χ4n) is 7.03. The van der Waals surface area contributed by atoms with Gasteiger partial charge in [0.1, 0.15) is 0 Å². The molecular weight excluding hydrogens is 531 g/mol. The third-order valence-electron chi connectivity index (χ3n) is 9.65. The Bertz CT molecular complexity index is 1110. The first-order chi connectivity index (χ1) is 19.5. The highest BCUT2D eigenvalue weighted by Gasteiger charge is 2.40. The predicted octanol–water partition coefficient (Wildman–Crippen LogP) is 6.21. The number of carbonyl (C=O) groups excluding carboxylic acids is 1. The van der Waals surface area contributed by atoms with Gasteiger partial charge in [-0.2, -0.15) is 13.2 Å². The van der Waals surface area contributed by atoms with E-state index in [9.17, 15) is 18.0 Å². The number of benzene rings is 1. The van der Waals surface area contributed by atoms with Gasteiger partial charge < -0.3 is 19.7 Å². The molecule has 41 heavy (non-hydrogen) atoms. The molecule has 1 amide bonds. The Morgan fingerprint density at radius 1 is 1.05 bits per heavy atom. The zero-order chi connectivity index (χ0) is 29.2. The van der Waals surface area contributed by atoms with E-state index in [0.717, 1.165) is 37.9 Å². The third kappa shape index (κ3) is 7.11. The average Bonchev–Trinajstić information content (AvgIpc) is 3.26. The molecule has 0 radical (unpaired) electrons. The Kier molecular flexibility index (Phi) is 9.36. The lowest BCUT2D eigenvalue weighted by Gasteiger charge is -2.42. The summed E-state index contributed by atoms with van der Waals surface area (Å²) in [6.45, 7) is 9.86. The molecule has 228 valence electrons. The van der Waals surface area contributed by atoms with E-state index in [0.29, 0.717) is 56.4 Å². The van der Waals surface area contributed by atoms with Gasteiger partial charge >= 0.3 is 6.18 Å². The van der Waals surface area contributed by atoms with Crippen LogP contribution < -0.4 is 5.32 Å². The lowest BCUT2D eigenvalue weighted by molar-refractivity contribution is -0.139. The number of hydrogen-bond donors (Lipinski definition) is 1. The van der Waals surface area contributed by atoms with Crippen molar-refractivity contribution in [2.24, 2.45) is 5.92 Å². The number of nitrogens with one attached hydrogen (secondary N) is 1. The molecule has 2 saturated heterocycles. The zero-order valence-electron chi connectivity index (χ0n) is 24.8. The Balaban J connectivity index is 1.43. The molecule has 0 spiro atoms. The van der Waals surface area contributed by atoms with E-state index in [4.69, 9.17) is 9.47 Å². The number of halogens is 3. The summed E-state index contributed by atoms with van der Waals surface area (Å²) >= 11 is 0. The first-order valence-electron chi connectivity index (χ1n) is 15.4. The second kappa shape index (κ2) is 12.6. The summed E-state index contributed by atoms with van der Waals surface area (Å²) in [7, 11) is 0. The molecule has 3 heterocycles. The van der Waals surface area contributed by atoms with E-state index >= 15 is 0 Å². The number of alkyl halides is 3. The molecule has 1 aliphatic carbocycles. The van der Waals surface area contributed by atoms with Crippen molar-refractivity contribution in [3.8, 4) is 0 Å². The predicted molar refractivity (Wildman–Crippen MR) is 152 cm³/mol. The molecule has 3 aliphatic heterocycles. The molecule has 1 aromatic carbocycles. The van der Waals surface area contributed by atoms with Gasteiger partial charge in [0, 0.05) is 62.1 Å². The molecule has 0 bridgehead atoms. The molecule has 1 atom stereocenters. The third-order valence-corrected chi connectivity index (χ3v) is 9.65. The molecule has 3 fully saturated rings. The lowest BCUT2D eigenvalue weighted by atomic mass is 9.88. The quantitative estimate of drug-likeness (QED) is 0.418. The van der Waals surface area contributed by atoms with Crippen LogP contribution in [0.4, 0.5) is 13.2 Å². The highest BCUT2D eigenvalue weighted by Crippen LogP contribution is 2.43. The number of rotatable bonds is 7. The van der Waals surface area contributed by atoms with E-state index in [-0.39, 0.29) is 35.6 Å². The molecule has 6 nitrogen and oxygen atoms in total. The van der Waals surface area contributed by atoms with Crippen LogP contribution in [0.25, 0.3) is 0 Å². The first-order valence-corrected chi connectivity index (χ1v) is 15.4. The van der Waals surface area contributed by atoms with Crippen LogP contribution in [0.15, 0.2) is 29.5 Å². The fourth-order valence-corrected chi connectivity index (χ4v) is 7.03. The van der Waals surface area contributed by atoms with Gasteiger partial charge in [0.15, 0.2) is 0 Å². The Hall–Kier alpha value is -2.10. The van der Waals surface area contributed by atoms with Crippen LogP contribution in [0.2, 0.25) is 0 Å². The van der Waals surface area contributed by atoms with Crippen molar-refractivity contribution in [3.05, 3.63) is 46.2 Å². The van der Waals surface area contributed by atoms with Crippen molar-refractivity contribution < 1.29 is 27.4 Å². The zero-order valence-corrected chi connectivity index (χ0v) is 24.8. The summed E-state index contributed by atoms with van der Waals surface area (Å²) in [4.78, 5) is 17.8. The largest absolute Gasteiger partial charge is 0.416 e. The van der Waals surface area contributed by atoms with Gasteiger partial charge in [0.25, 0.3) is 0 Å². The molecule has 4 aliphatic rings. The number of allylic oxidation sites excluding steroid dienone is 1. The second-order valence-corrected chi connectivity index (χ2v) is 13.0. The Morgan fingerprint density at radius 3 is 2.46 bits per heavy atom. The first kappa shape index (κ1) is 30.4. The minimum absolute atomic E-state index is 0.0722. The van der Waals surface area contributed by atoms with Gasteiger partial charge in [-0.1, -0.05) is 31.4 Å². The Labute approximate surface area is 242 Å². The number of carbonyl (C=O) groups is 1. The van der Waals surface area contributed by atoms with Crippen molar-refractivity contribution in [3.63, 3.8) is 0 Å². The summed E-state index contributed by atoms with van der Waals surface area (Å²) in [5.74, 6) is 0.400. The summed E-state index contributed by atoms with van der Waals surface area (Å²) in [6, 6.07) is 4.67. The maximum atomic E-state index is 14.5. The topological polar surface area (TPSA) is 54.0 Å². The smallest absolute Gasteiger partial charge is 0.381 e. The summed E-state index contributed by atoms with van der Waals surface area (Å²) in [5, 5.41) is 3.19. The van der Waals surface area contributed by atoms with E-state index in [1.54, 1.807) is 6.07 Å². The molecule has 1 unspecified atom stereocenters. The standard InChI is InChI=1S/C32H46F3N3O3/c1-22-27(30(39)36-26-11-14-40-15-12-26)18-29(38(22)19-23-7-5-4-6-8-23)24-9-10-25(28(17-24)32(33,34)35)20-37-13-16-41-21-31(37,2)3/h9-10,17,23,26,29H,4-8,11-16,18-21H2,1-3H3,(H,36,39). The maximum Gasteiger partial charge on any atom is 0.416 e. The van der Waals surface area contributed by atoms with Crippen LogP contribution >= 0.6 is 0 Å². The van der Waals surface area contributed by atoms with Crippen molar-refractivity contribution >= 4 is 5.91 Å². The van der Waals surface area contributed by atoms with Crippen LogP contribution in [0, 0.1) is 5.92 Å². The second-order valence-electron chi connectivity index (χ2n) is 13.0. The normalized spacial score (nSPS) is 25.1. The molecule has 0 aromatic heterocycles. The van der Waals surface area contributed by atoms with E-state index in [2.05, 4.69) is 15.1 Å². The number of ether oxygens (including phenoxy) is 2. The fraction of sp³-hybridized carbons (Fsp3) is 0.719. The highest BCUT2D eigenvalue weighted by atomic mass is 19.4. The molecule has 5 rings (SSSR count). The molecule has 1 N–H and O–H groups in total. The minimum atomic E-state index is -4.47. The van der Waals surface area contributed by atoms with Crippen LogP contribution in [0.5, 0.6) is 0 Å². The van der Waals surface area contributed by atoms with Gasteiger partial charge in [-0.15, -0.1) is 0 Å². The van der Waals surface area contributed by atoms with Gasteiger partial charge in [0.05, 0.1) is 24.8 Å². The van der Waals surface area contributed by atoms with Crippen molar-refractivity contribution in [1.29, 1.82) is 0 Å². The number of amides is 1. The maximum absolute atomic E-state index is 14.5. The summed E-state index contributed by atoms with van der Waals surface area (Å²) < 4.78 is 54.6. The number of morpholine rings is 1. The van der Waals surface area contributed by atoms with E-state index in [1.165, 1.54) is 25.3 Å². The molecule has 9 heteroatoms. The summed E-state index contributed by atoms with van der Waals surface area (Å²) in [5.41, 5.74) is 1.60. The van der Waals surface area contributed by atoms with Crippen molar-refractivity contribution in [2.45, 2.75) is 102 Å². The van der Waals surface area contributed by atoms with E-state index < -0.39 is 11.7 Å². The SMILES string of the molecule is CC1=C(C(=O)NC2CCOCC2)CC(c2ccc(CN3CCOCC3(C)C)c(C(F)(F)F)c2)N1CC1CCCCC1. The van der Waals surface area contributed by atoms with Crippen molar-refractivity contribution in [2.75, 3.05) is 39.5 Å². The van der Waals surface area contributed by atoms with Gasteiger partial charge in [-0.25, -0.2) is 0 Å². The van der Waals surface area contributed by atoms with Crippen molar-refractivity contribution in [1.82, 2.24) is 15.1 Å². The highest BCUT2D eigenvalue weighted by molar-refractivity contribution is 5.95. The monoisotopic (exact) mass is 577 g/mol. The molecule has 1 aromatic rings. The Morgan fingerprint density at radius 2 is 1.78 bits per heavy atom. The lowest BCUT2D eigenvalue weighted by Crippen LogP contribution is -2.52. The molecular formula is C32H46F3N3O3. The number of hydrogen-bond acceptors (Lipinski definition) is 5. The summed E-state index contributed by atoms with van der Waals surface area (Å²) in [6.07, 6.45) is 3.38. The number of nitrogens with zero attached hydrogens (tertiary/aromatic N) is 2. The molecule has 1 saturated carbocycles. The van der Waals surface area contributed by atoms with Gasteiger partial charge in [-0.3, -0.25) is 9.69 Å². The van der Waals surface area contributed by atoms with Crippen LogP contribution in [0.3, 0.4) is 0 Å². The van der Waals surface area contributed by atoms with E-state index in [1.807, 2.05) is 26.8 Å². The average molecular weight is 578 g/mol. The van der Waals surface area contributed by atoms with Gasteiger partial charge in [-0.05, 0) is 69.6 Å². The van der Waals surface area contributed by atoms with Crippen LogP contribution in [-0.2, 0) is 27.0 Å². The van der Waals surface area contributed by atoms with Gasteiger partial charge in [0.2, 0.25) is 5.91 Å².